The first-order valence-corrected chi connectivity index (χ1v) is 10.7. The largest absolute Gasteiger partial charge is 0.496 e. The molecule has 1 aliphatic rings. The number of aryl methyl sites for hydroxylation is 1. The zero-order valence-electron chi connectivity index (χ0n) is 16.1. The molecule has 1 aromatic carbocycles. The van der Waals surface area contributed by atoms with Gasteiger partial charge in [0.15, 0.2) is 5.96 Å². The van der Waals surface area contributed by atoms with Gasteiger partial charge in [-0.25, -0.2) is 12.7 Å². The molecule has 1 heterocycles. The molecule has 7 nitrogen and oxygen atoms in total. The highest BCUT2D eigenvalue weighted by molar-refractivity contribution is 7.88. The van der Waals surface area contributed by atoms with Crippen molar-refractivity contribution in [1.29, 1.82) is 0 Å². The van der Waals surface area contributed by atoms with Gasteiger partial charge in [-0.05, 0) is 37.3 Å². The molecule has 1 saturated heterocycles. The summed E-state index contributed by atoms with van der Waals surface area (Å²) in [5.74, 6) is 2.04. The molecule has 0 amide bonds. The molecule has 1 aliphatic heterocycles. The van der Waals surface area contributed by atoms with E-state index in [9.17, 15) is 8.42 Å². The van der Waals surface area contributed by atoms with Crippen molar-refractivity contribution in [2.45, 2.75) is 26.3 Å². The van der Waals surface area contributed by atoms with Gasteiger partial charge < -0.3 is 15.4 Å². The third-order valence-electron chi connectivity index (χ3n) is 4.71. The zero-order valence-corrected chi connectivity index (χ0v) is 16.9. The van der Waals surface area contributed by atoms with E-state index in [-0.39, 0.29) is 0 Å². The number of methoxy groups -OCH3 is 1. The molecule has 2 N–H and O–H groups in total. The van der Waals surface area contributed by atoms with Crippen LogP contribution in [0.3, 0.4) is 0 Å². The predicted octanol–water partition coefficient (Wildman–Crippen LogP) is 1.34. The third kappa shape index (κ3) is 5.88. The Morgan fingerprint density at radius 3 is 2.58 bits per heavy atom. The highest BCUT2D eigenvalue weighted by atomic mass is 32.2. The molecule has 8 heteroatoms. The number of guanidine groups is 1. The van der Waals surface area contributed by atoms with Crippen molar-refractivity contribution in [3.63, 3.8) is 0 Å². The summed E-state index contributed by atoms with van der Waals surface area (Å²) in [4.78, 5) is 4.26. The number of aliphatic imine (C=N–C) groups is 1. The Balaban J connectivity index is 1.80. The first-order valence-electron chi connectivity index (χ1n) is 8.86. The second-order valence-corrected chi connectivity index (χ2v) is 8.71. The van der Waals surface area contributed by atoms with Crippen LogP contribution < -0.4 is 15.4 Å². The van der Waals surface area contributed by atoms with Crippen molar-refractivity contribution in [3.8, 4) is 5.75 Å². The average molecular weight is 383 g/mol. The van der Waals surface area contributed by atoms with Crippen LogP contribution in [0.2, 0.25) is 0 Å². The molecule has 26 heavy (non-hydrogen) atoms. The summed E-state index contributed by atoms with van der Waals surface area (Å²) in [6.45, 7) is 4.63. The molecule has 0 radical (unpaired) electrons. The Morgan fingerprint density at radius 1 is 1.31 bits per heavy atom. The van der Waals surface area contributed by atoms with Crippen molar-refractivity contribution < 1.29 is 13.2 Å². The van der Waals surface area contributed by atoms with E-state index in [2.05, 4.69) is 27.8 Å². The minimum absolute atomic E-state index is 0.445. The van der Waals surface area contributed by atoms with Gasteiger partial charge in [-0.3, -0.25) is 4.99 Å². The smallest absolute Gasteiger partial charge is 0.211 e. The molecule has 0 saturated carbocycles. The fourth-order valence-electron chi connectivity index (χ4n) is 3.08. The summed E-state index contributed by atoms with van der Waals surface area (Å²) in [7, 11) is 0.350. The van der Waals surface area contributed by atoms with Gasteiger partial charge in [0, 0.05) is 38.8 Å². The van der Waals surface area contributed by atoms with Gasteiger partial charge in [-0.2, -0.15) is 0 Å². The lowest BCUT2D eigenvalue weighted by atomic mass is 9.98. The molecular weight excluding hydrogens is 352 g/mol. The van der Waals surface area contributed by atoms with Gasteiger partial charge in [0.05, 0.1) is 13.4 Å². The summed E-state index contributed by atoms with van der Waals surface area (Å²) in [6, 6.07) is 6.13. The number of rotatable bonds is 6. The van der Waals surface area contributed by atoms with Crippen LogP contribution >= 0.6 is 0 Å². The molecule has 0 bridgehead atoms. The molecular formula is C18H30N4O3S. The first-order chi connectivity index (χ1) is 12.3. The second kappa shape index (κ2) is 9.23. The summed E-state index contributed by atoms with van der Waals surface area (Å²) in [5, 5.41) is 6.65. The quantitative estimate of drug-likeness (QED) is 0.573. The Kier molecular flexibility index (Phi) is 7.28. The number of benzene rings is 1. The van der Waals surface area contributed by atoms with Crippen LogP contribution in [-0.4, -0.2) is 58.7 Å². The Bertz CT molecular complexity index is 726. The minimum Gasteiger partial charge on any atom is -0.496 e. The Morgan fingerprint density at radius 2 is 2.00 bits per heavy atom. The van der Waals surface area contributed by atoms with E-state index in [0.717, 1.165) is 42.2 Å². The topological polar surface area (TPSA) is 83.0 Å². The van der Waals surface area contributed by atoms with E-state index < -0.39 is 10.0 Å². The van der Waals surface area contributed by atoms with Crippen molar-refractivity contribution in [2.75, 3.05) is 40.0 Å². The molecule has 1 fully saturated rings. The maximum Gasteiger partial charge on any atom is 0.211 e. The van der Waals surface area contributed by atoms with E-state index in [0.29, 0.717) is 25.6 Å². The normalized spacial score (nSPS) is 17.2. The van der Waals surface area contributed by atoms with E-state index in [1.807, 2.05) is 13.0 Å². The second-order valence-electron chi connectivity index (χ2n) is 6.73. The molecule has 0 atom stereocenters. The Hall–Kier alpha value is -1.80. The highest BCUT2D eigenvalue weighted by Gasteiger charge is 2.24. The minimum atomic E-state index is -3.07. The van der Waals surface area contributed by atoms with Crippen LogP contribution in [0.4, 0.5) is 0 Å². The molecule has 1 aromatic rings. The summed E-state index contributed by atoms with van der Waals surface area (Å²) >= 11 is 0. The van der Waals surface area contributed by atoms with Crippen LogP contribution in [0, 0.1) is 12.8 Å². The Labute approximate surface area is 156 Å². The number of hydrogen-bond donors (Lipinski definition) is 2. The SMILES string of the molecule is CN=C(NCc1ccc(C)cc1OC)NCC1CCN(S(C)(=O)=O)CC1. The maximum absolute atomic E-state index is 11.6. The standard InChI is InChI=1S/C18H30N4O3S/c1-14-5-6-16(17(11-14)25-3)13-21-18(19-2)20-12-15-7-9-22(10-8-15)26(4,23)24/h5-6,11,15H,7-10,12-13H2,1-4H3,(H2,19,20,21). The fourth-order valence-corrected chi connectivity index (χ4v) is 3.96. The number of sulfonamides is 1. The summed E-state index contributed by atoms with van der Waals surface area (Å²) in [5.41, 5.74) is 2.23. The van der Waals surface area contributed by atoms with Crippen molar-refractivity contribution in [3.05, 3.63) is 29.3 Å². The number of nitrogens with one attached hydrogen (secondary N) is 2. The van der Waals surface area contributed by atoms with E-state index >= 15 is 0 Å². The number of hydrogen-bond acceptors (Lipinski definition) is 4. The van der Waals surface area contributed by atoms with E-state index in [1.165, 1.54) is 6.26 Å². The molecule has 146 valence electrons. The molecule has 0 aliphatic carbocycles. The van der Waals surface area contributed by atoms with Crippen LogP contribution in [-0.2, 0) is 16.6 Å². The lowest BCUT2D eigenvalue weighted by Gasteiger charge is -2.30. The van der Waals surface area contributed by atoms with Crippen LogP contribution in [0.1, 0.15) is 24.0 Å². The molecule has 2 rings (SSSR count). The third-order valence-corrected chi connectivity index (χ3v) is 6.02. The molecule has 0 unspecified atom stereocenters. The van der Waals surface area contributed by atoms with E-state index in [4.69, 9.17) is 4.74 Å². The fraction of sp³-hybridized carbons (Fsp3) is 0.611. The summed E-state index contributed by atoms with van der Waals surface area (Å²) in [6.07, 6.45) is 3.00. The van der Waals surface area contributed by atoms with Crippen molar-refractivity contribution in [1.82, 2.24) is 14.9 Å². The van der Waals surface area contributed by atoms with Gasteiger partial charge in [0.2, 0.25) is 10.0 Å². The summed E-state index contributed by atoms with van der Waals surface area (Å²) < 4.78 is 30.1. The van der Waals surface area contributed by atoms with Gasteiger partial charge in [0.1, 0.15) is 5.75 Å². The maximum atomic E-state index is 11.6. The number of nitrogens with zero attached hydrogens (tertiary/aromatic N) is 2. The number of piperidine rings is 1. The average Bonchev–Trinajstić information content (AvgIpc) is 2.62. The van der Waals surface area contributed by atoms with Crippen LogP contribution in [0.25, 0.3) is 0 Å². The monoisotopic (exact) mass is 382 g/mol. The van der Waals surface area contributed by atoms with E-state index in [1.54, 1.807) is 18.5 Å². The van der Waals surface area contributed by atoms with Gasteiger partial charge >= 0.3 is 0 Å². The van der Waals surface area contributed by atoms with Crippen molar-refractivity contribution in [2.24, 2.45) is 10.9 Å². The highest BCUT2D eigenvalue weighted by Crippen LogP contribution is 2.20. The molecule has 0 spiro atoms. The number of ether oxygens (including phenoxy) is 1. The lowest BCUT2D eigenvalue weighted by Crippen LogP contribution is -2.43. The van der Waals surface area contributed by atoms with Gasteiger partial charge in [0.25, 0.3) is 0 Å². The van der Waals surface area contributed by atoms with Crippen molar-refractivity contribution >= 4 is 16.0 Å². The lowest BCUT2D eigenvalue weighted by molar-refractivity contribution is 0.275. The van der Waals surface area contributed by atoms with Crippen LogP contribution in [0.5, 0.6) is 5.75 Å². The van der Waals surface area contributed by atoms with Gasteiger partial charge in [-0.1, -0.05) is 12.1 Å². The molecule has 0 aromatic heterocycles. The predicted molar refractivity (Wildman–Crippen MR) is 105 cm³/mol. The van der Waals surface area contributed by atoms with Gasteiger partial charge in [-0.15, -0.1) is 0 Å². The first kappa shape index (κ1) is 20.5. The zero-order chi connectivity index (χ0) is 19.2. The van der Waals surface area contributed by atoms with Crippen LogP contribution in [0.15, 0.2) is 23.2 Å².